The number of primary amides is 1. The number of anilines is 1. The van der Waals surface area contributed by atoms with Crippen LogP contribution in [0, 0.1) is 0 Å². The van der Waals surface area contributed by atoms with Crippen LogP contribution in [0.4, 0.5) is 5.69 Å². The first-order valence-corrected chi connectivity index (χ1v) is 5.05. The van der Waals surface area contributed by atoms with Gasteiger partial charge in [0.15, 0.2) is 0 Å². The second kappa shape index (κ2) is 5.97. The van der Waals surface area contributed by atoms with Crippen molar-refractivity contribution in [3.05, 3.63) is 23.8 Å². The third-order valence-corrected chi connectivity index (χ3v) is 1.98. The summed E-state index contributed by atoms with van der Waals surface area (Å²) >= 11 is 0. The van der Waals surface area contributed by atoms with Crippen molar-refractivity contribution in [1.82, 2.24) is 0 Å². The molecule has 4 N–H and O–H groups in total. The molecule has 0 unspecified atom stereocenters. The minimum atomic E-state index is -0.507. The van der Waals surface area contributed by atoms with Crippen LogP contribution in [-0.2, 0) is 4.74 Å². The molecule has 1 aromatic carbocycles. The number of carbonyl (C=O) groups is 1. The summed E-state index contributed by atoms with van der Waals surface area (Å²) in [5.74, 6) is 0.0252. The Morgan fingerprint density at radius 1 is 1.38 bits per heavy atom. The summed E-state index contributed by atoms with van der Waals surface area (Å²) < 4.78 is 10.5. The number of benzene rings is 1. The highest BCUT2D eigenvalue weighted by molar-refractivity contribution is 5.94. The Morgan fingerprint density at radius 2 is 2.12 bits per heavy atom. The van der Waals surface area contributed by atoms with Gasteiger partial charge in [-0.3, -0.25) is 4.79 Å². The van der Waals surface area contributed by atoms with E-state index in [0.717, 1.165) is 0 Å². The quantitative estimate of drug-likeness (QED) is 0.552. The minimum Gasteiger partial charge on any atom is -0.489 e. The first kappa shape index (κ1) is 12.3. The number of nitrogen functional groups attached to an aromatic ring is 1. The molecule has 1 rings (SSSR count). The molecular formula is C11H16N2O3. The highest BCUT2D eigenvalue weighted by Gasteiger charge is 2.05. The topological polar surface area (TPSA) is 87.6 Å². The zero-order valence-electron chi connectivity index (χ0n) is 9.23. The fourth-order valence-electron chi connectivity index (χ4n) is 1.19. The molecule has 5 heteroatoms. The average molecular weight is 224 g/mol. The highest BCUT2D eigenvalue weighted by atomic mass is 16.5. The molecule has 0 bridgehead atoms. The van der Waals surface area contributed by atoms with Gasteiger partial charge in [-0.05, 0) is 25.1 Å². The number of rotatable bonds is 6. The van der Waals surface area contributed by atoms with Crippen molar-refractivity contribution < 1.29 is 14.3 Å². The number of amides is 1. The Hall–Kier alpha value is -1.75. The summed E-state index contributed by atoms with van der Waals surface area (Å²) in [6, 6.07) is 4.70. The molecule has 16 heavy (non-hydrogen) atoms. The first-order chi connectivity index (χ1) is 7.65. The van der Waals surface area contributed by atoms with E-state index in [1.165, 1.54) is 6.07 Å². The molecule has 0 atom stereocenters. The zero-order chi connectivity index (χ0) is 12.0. The molecule has 1 amide bonds. The van der Waals surface area contributed by atoms with E-state index in [-0.39, 0.29) is 0 Å². The minimum absolute atomic E-state index is 0.370. The molecule has 1 aromatic rings. The van der Waals surface area contributed by atoms with E-state index in [0.29, 0.717) is 36.8 Å². The number of hydrogen-bond acceptors (Lipinski definition) is 4. The van der Waals surface area contributed by atoms with Crippen LogP contribution >= 0.6 is 0 Å². The maximum absolute atomic E-state index is 10.9. The van der Waals surface area contributed by atoms with Gasteiger partial charge in [0, 0.05) is 12.2 Å². The van der Waals surface area contributed by atoms with E-state index in [1.54, 1.807) is 12.1 Å². The molecule has 0 saturated heterocycles. The summed E-state index contributed by atoms with van der Waals surface area (Å²) in [5, 5.41) is 0. The Labute approximate surface area is 94.3 Å². The standard InChI is InChI=1S/C11H16N2O3/c1-2-15-5-6-16-10-4-3-8(11(13)14)7-9(10)12/h3-4,7H,2,5-6,12H2,1H3,(H2,13,14). The van der Waals surface area contributed by atoms with E-state index in [2.05, 4.69) is 0 Å². The second-order valence-electron chi connectivity index (χ2n) is 3.16. The predicted molar refractivity (Wildman–Crippen MR) is 61.4 cm³/mol. The average Bonchev–Trinajstić information content (AvgIpc) is 2.26. The van der Waals surface area contributed by atoms with Crippen molar-refractivity contribution >= 4 is 11.6 Å². The van der Waals surface area contributed by atoms with Crippen LogP contribution < -0.4 is 16.2 Å². The van der Waals surface area contributed by atoms with Crippen LogP contribution in [0.15, 0.2) is 18.2 Å². The number of nitrogens with two attached hydrogens (primary N) is 2. The van der Waals surface area contributed by atoms with Crippen molar-refractivity contribution in [3.63, 3.8) is 0 Å². The third kappa shape index (κ3) is 3.43. The van der Waals surface area contributed by atoms with Crippen LogP contribution in [0.25, 0.3) is 0 Å². The Balaban J connectivity index is 2.57. The van der Waals surface area contributed by atoms with E-state index >= 15 is 0 Å². The smallest absolute Gasteiger partial charge is 0.248 e. The molecular weight excluding hydrogens is 208 g/mol. The molecule has 5 nitrogen and oxygen atoms in total. The lowest BCUT2D eigenvalue weighted by molar-refractivity contribution is 0.1000. The van der Waals surface area contributed by atoms with Gasteiger partial charge in [0.1, 0.15) is 12.4 Å². The van der Waals surface area contributed by atoms with Gasteiger partial charge in [-0.25, -0.2) is 0 Å². The molecule has 0 saturated carbocycles. The largest absolute Gasteiger partial charge is 0.489 e. The summed E-state index contributed by atoms with van der Waals surface area (Å²) in [6.45, 7) is 3.50. The summed E-state index contributed by atoms with van der Waals surface area (Å²) in [7, 11) is 0. The fourth-order valence-corrected chi connectivity index (χ4v) is 1.19. The SMILES string of the molecule is CCOCCOc1ccc(C(N)=O)cc1N. The Kier molecular flexibility index (Phi) is 4.60. The molecule has 88 valence electrons. The van der Waals surface area contributed by atoms with Gasteiger partial charge in [0.25, 0.3) is 0 Å². The third-order valence-electron chi connectivity index (χ3n) is 1.98. The fraction of sp³-hybridized carbons (Fsp3) is 0.364. The summed E-state index contributed by atoms with van der Waals surface area (Å²) in [6.07, 6.45) is 0. The van der Waals surface area contributed by atoms with Crippen LogP contribution in [0.3, 0.4) is 0 Å². The van der Waals surface area contributed by atoms with Gasteiger partial charge in [-0.15, -0.1) is 0 Å². The van der Waals surface area contributed by atoms with Crippen LogP contribution in [0.1, 0.15) is 17.3 Å². The molecule has 0 aliphatic heterocycles. The van der Waals surface area contributed by atoms with Crippen molar-refractivity contribution in [2.24, 2.45) is 5.73 Å². The monoisotopic (exact) mass is 224 g/mol. The number of carbonyl (C=O) groups excluding carboxylic acids is 1. The molecule has 0 fully saturated rings. The normalized spacial score (nSPS) is 10.1. The van der Waals surface area contributed by atoms with Gasteiger partial charge < -0.3 is 20.9 Å². The van der Waals surface area contributed by atoms with Gasteiger partial charge in [-0.1, -0.05) is 0 Å². The summed E-state index contributed by atoms with van der Waals surface area (Å²) in [4.78, 5) is 10.9. The molecule has 0 aromatic heterocycles. The highest BCUT2D eigenvalue weighted by Crippen LogP contribution is 2.22. The van der Waals surface area contributed by atoms with Gasteiger partial charge >= 0.3 is 0 Å². The zero-order valence-corrected chi connectivity index (χ0v) is 9.23. The van der Waals surface area contributed by atoms with Crippen molar-refractivity contribution in [1.29, 1.82) is 0 Å². The number of ether oxygens (including phenoxy) is 2. The second-order valence-corrected chi connectivity index (χ2v) is 3.16. The van der Waals surface area contributed by atoms with Gasteiger partial charge in [-0.2, -0.15) is 0 Å². The van der Waals surface area contributed by atoms with Crippen LogP contribution in [0.5, 0.6) is 5.75 Å². The van der Waals surface area contributed by atoms with E-state index in [4.69, 9.17) is 20.9 Å². The lowest BCUT2D eigenvalue weighted by atomic mass is 10.2. The van der Waals surface area contributed by atoms with Gasteiger partial charge in [0.05, 0.1) is 12.3 Å². The van der Waals surface area contributed by atoms with E-state index < -0.39 is 5.91 Å². The number of hydrogen-bond donors (Lipinski definition) is 2. The Bertz CT molecular complexity index is 366. The predicted octanol–water partition coefficient (Wildman–Crippen LogP) is 0.783. The van der Waals surface area contributed by atoms with Crippen molar-refractivity contribution in [2.45, 2.75) is 6.92 Å². The lowest BCUT2D eigenvalue weighted by Crippen LogP contribution is -2.12. The van der Waals surface area contributed by atoms with Gasteiger partial charge in [0.2, 0.25) is 5.91 Å². The van der Waals surface area contributed by atoms with E-state index in [9.17, 15) is 4.79 Å². The van der Waals surface area contributed by atoms with E-state index in [1.807, 2.05) is 6.92 Å². The molecule has 0 aliphatic carbocycles. The first-order valence-electron chi connectivity index (χ1n) is 5.05. The van der Waals surface area contributed by atoms with Crippen LogP contribution in [-0.4, -0.2) is 25.7 Å². The summed E-state index contributed by atoms with van der Waals surface area (Å²) in [5.41, 5.74) is 11.6. The Morgan fingerprint density at radius 3 is 2.69 bits per heavy atom. The van der Waals surface area contributed by atoms with Crippen molar-refractivity contribution in [2.75, 3.05) is 25.6 Å². The molecule has 0 aliphatic rings. The lowest BCUT2D eigenvalue weighted by Gasteiger charge is -2.09. The molecule has 0 spiro atoms. The molecule has 0 radical (unpaired) electrons. The van der Waals surface area contributed by atoms with Crippen molar-refractivity contribution in [3.8, 4) is 5.75 Å². The maximum atomic E-state index is 10.9. The molecule has 0 heterocycles. The maximum Gasteiger partial charge on any atom is 0.248 e. The van der Waals surface area contributed by atoms with Crippen LogP contribution in [0.2, 0.25) is 0 Å².